The number of carboxylic acids is 1. The Labute approximate surface area is 672 Å². The fourth-order valence-electron chi connectivity index (χ4n) is 10.8. The molecule has 3 aliphatic carbocycles. The third kappa shape index (κ3) is 29.6. The SMILES string of the molecule is NC(=O)c1nn(CC(=O)N(CC(=O)NCc2cccc(Cl)c2F)C2CCCCC2)c2ccccc12.NC(=O)c1nn(CC(=O)O)c2ccccc12.NC1CCCCC1.O=C(CCl)CCc1cccc(Cl)c1F.O=C(CNC1CCCCC1)NCc1cccc(Cl)c1F.O=CO[O-].[H-].[K+].[K+]. The molecule has 0 bridgehead atoms. The van der Waals surface area contributed by atoms with Crippen LogP contribution in [0.2, 0.25) is 15.1 Å². The van der Waals surface area contributed by atoms with Crippen molar-refractivity contribution in [3.63, 3.8) is 0 Å². The Hall–Kier alpha value is -4.90. The van der Waals surface area contributed by atoms with Crippen LogP contribution in [0.4, 0.5) is 13.2 Å². The number of halogens is 7. The molecule has 5 aromatic carbocycles. The monoisotopic (exact) mass is 1490 g/mol. The van der Waals surface area contributed by atoms with Crippen molar-refractivity contribution in [2.45, 2.75) is 153 Å². The van der Waals surface area contributed by atoms with Crippen LogP contribution in [0.1, 0.15) is 142 Å². The van der Waals surface area contributed by atoms with Gasteiger partial charge >= 0.3 is 109 Å². The number of fused-ring (bicyclic) bond motifs is 2. The fraction of sp³-hybridized carbons (Fsp3) is 0.403. The third-order valence-electron chi connectivity index (χ3n) is 15.7. The van der Waals surface area contributed by atoms with Crippen LogP contribution in [0.15, 0.2) is 103 Å². The number of aryl methyl sites for hydroxylation is 1. The van der Waals surface area contributed by atoms with Crippen LogP contribution < -0.4 is 141 Å². The number of para-hydroxylation sites is 2. The van der Waals surface area contributed by atoms with Crippen molar-refractivity contribution in [1.29, 1.82) is 0 Å². The van der Waals surface area contributed by atoms with E-state index >= 15 is 0 Å². The van der Waals surface area contributed by atoms with Gasteiger partial charge in [-0.3, -0.25) is 47.7 Å². The van der Waals surface area contributed by atoms with Gasteiger partial charge in [0.1, 0.15) is 36.3 Å². The number of carbonyl (C=O) groups excluding carboxylic acids is 7. The summed E-state index contributed by atoms with van der Waals surface area (Å²) in [6, 6.07) is 28.9. The molecule has 2 aromatic heterocycles. The number of Topliss-reactive ketones (excluding diaryl/α,β-unsaturated/α-hetero) is 1. The van der Waals surface area contributed by atoms with E-state index in [0.717, 1.165) is 44.9 Å². The van der Waals surface area contributed by atoms with Gasteiger partial charge in [-0.2, -0.15) is 10.2 Å². The molecular formula is C67H80Cl4F3K2N11O11. The summed E-state index contributed by atoms with van der Waals surface area (Å²) in [5, 5.41) is 35.2. The Morgan fingerprint density at radius 2 is 1.04 bits per heavy atom. The first-order valence-electron chi connectivity index (χ1n) is 31.2. The van der Waals surface area contributed by atoms with Crippen LogP contribution >= 0.6 is 46.4 Å². The molecule has 10 N–H and O–H groups in total. The minimum Gasteiger partial charge on any atom is -1.00 e. The molecule has 0 atom stereocenters. The van der Waals surface area contributed by atoms with E-state index in [2.05, 4.69) is 31.0 Å². The average molecular weight is 1490 g/mol. The van der Waals surface area contributed by atoms with Crippen molar-refractivity contribution in [3.05, 3.63) is 164 Å². The maximum atomic E-state index is 14.2. The van der Waals surface area contributed by atoms with Gasteiger partial charge in [0.15, 0.2) is 11.4 Å². The number of ketones is 1. The standard InChI is InChI=1S/C25H27ClFN5O3.C15H20ClFN2O.C10H9Cl2FO.C10H9N3O3.C6H13N.CH2O3.2K.H/c26-19-11-6-7-16(23(19)27)13-29-21(33)14-31(17-8-2-1-3-9-17)22(34)15-32-20-12-5-4-10-18(20)24(30-32)25(28)35;16-13-8-4-5-11(15(13)17)9-19-14(20)10-18-12-6-2-1-3-7-12;11-6-8(14)5-4-7-2-1-3-9(12)10(7)13;11-10(16)9-6-3-1-2-4-7(6)13(12-9)5-8(14)15;7-6-4-2-1-3-5-6;2-1-4-3;;;/h4-7,10-12,17H,1-3,8-9,13-15H2,(H2,28,35)(H,29,33);4-5,8,12,18H,1-3,6-7,9-10H2,(H,19,20);1-3H,4-6H2;1-4H,5H2,(H2,11,16)(H,14,15);6H,1-5,7H2;1,3H;;;/q;;;;;;2*+1;-1/p-1. The van der Waals surface area contributed by atoms with E-state index in [4.69, 9.17) is 78.8 Å². The predicted molar refractivity (Wildman–Crippen MR) is 359 cm³/mol. The molecule has 3 aliphatic rings. The van der Waals surface area contributed by atoms with Gasteiger partial charge in [-0.05, 0) is 80.8 Å². The zero-order valence-electron chi connectivity index (χ0n) is 55.7. The molecule has 98 heavy (non-hydrogen) atoms. The van der Waals surface area contributed by atoms with Gasteiger partial charge in [0, 0.05) is 59.5 Å². The van der Waals surface area contributed by atoms with Crippen molar-refractivity contribution in [1.82, 2.24) is 40.4 Å². The van der Waals surface area contributed by atoms with Gasteiger partial charge in [0.25, 0.3) is 18.3 Å². The number of nitrogens with zero attached hydrogens (tertiary/aromatic N) is 5. The summed E-state index contributed by atoms with van der Waals surface area (Å²) in [6.07, 6.45) is 17.9. The number of carboxylic acid groups (broad SMARTS) is 1. The van der Waals surface area contributed by atoms with E-state index in [-0.39, 0.29) is 218 Å². The van der Waals surface area contributed by atoms with Crippen molar-refractivity contribution in [3.8, 4) is 0 Å². The average Bonchev–Trinajstić information content (AvgIpc) is 1.65. The van der Waals surface area contributed by atoms with Gasteiger partial charge in [-0.15, -0.1) is 11.6 Å². The van der Waals surface area contributed by atoms with Crippen molar-refractivity contribution in [2.24, 2.45) is 17.2 Å². The molecule has 3 saturated carbocycles. The molecule has 0 saturated heterocycles. The number of nitrogens with one attached hydrogen (secondary N) is 3. The number of nitrogens with two attached hydrogens (primary N) is 3. The first-order valence-corrected chi connectivity index (χ1v) is 32.9. The first-order chi connectivity index (χ1) is 46.1. The second-order valence-corrected chi connectivity index (χ2v) is 24.1. The maximum absolute atomic E-state index is 14.2. The second kappa shape index (κ2) is 47.3. The molecule has 31 heteroatoms. The number of carbonyl (C=O) groups is 8. The minimum absolute atomic E-state index is 0. The summed E-state index contributed by atoms with van der Waals surface area (Å²) in [7, 11) is 0. The molecule has 0 radical (unpaired) electrons. The molecular weight excluding hydrogens is 1410 g/mol. The molecule has 5 amide bonds. The summed E-state index contributed by atoms with van der Waals surface area (Å²) in [4.78, 5) is 95.2. The van der Waals surface area contributed by atoms with E-state index < -0.39 is 41.1 Å². The zero-order valence-corrected chi connectivity index (χ0v) is 64.0. The molecule has 2 heterocycles. The number of hydrogen-bond acceptors (Lipinski definition) is 14. The van der Waals surface area contributed by atoms with Gasteiger partial charge < -0.3 is 54.7 Å². The molecule has 0 unspecified atom stereocenters. The van der Waals surface area contributed by atoms with Crippen molar-refractivity contribution in [2.75, 3.05) is 19.0 Å². The number of aromatic nitrogens is 4. The predicted octanol–water partition coefficient (Wildman–Crippen LogP) is 3.70. The fourth-order valence-corrected chi connectivity index (χ4v) is 11.5. The van der Waals surface area contributed by atoms with Crippen molar-refractivity contribution < 1.29 is 171 Å². The number of rotatable bonds is 21. The van der Waals surface area contributed by atoms with Crippen LogP contribution in [-0.4, -0.2) is 114 Å². The normalized spacial score (nSPS) is 13.5. The zero-order chi connectivity index (χ0) is 70.1. The number of aliphatic carboxylic acids is 1. The summed E-state index contributed by atoms with van der Waals surface area (Å²) < 4.78 is 43.8. The largest absolute Gasteiger partial charge is 1.00 e. The minimum atomic E-state index is -1.02. The second-order valence-electron chi connectivity index (χ2n) is 22.7. The quantitative estimate of drug-likeness (QED) is 0.0177. The number of primary amides is 2. The van der Waals surface area contributed by atoms with E-state index in [0.29, 0.717) is 51.4 Å². The van der Waals surface area contributed by atoms with E-state index in [1.165, 1.54) is 78.9 Å². The Morgan fingerprint density at radius 3 is 1.47 bits per heavy atom. The van der Waals surface area contributed by atoms with Crippen molar-refractivity contribution >= 4 is 116 Å². The van der Waals surface area contributed by atoms with Crippen LogP contribution in [-0.2, 0) is 66.3 Å². The molecule has 10 rings (SSSR count). The van der Waals surface area contributed by atoms with Gasteiger partial charge in [0.2, 0.25) is 17.7 Å². The summed E-state index contributed by atoms with van der Waals surface area (Å²) in [5.74, 6) is -4.77. The Bertz CT molecular complexity index is 3740. The van der Waals surface area contributed by atoms with E-state index in [9.17, 15) is 46.7 Å². The van der Waals surface area contributed by atoms with Crippen LogP contribution in [0.25, 0.3) is 21.8 Å². The smallest absolute Gasteiger partial charge is 1.00 e. The molecule has 520 valence electrons. The Kier molecular flexibility index (Phi) is 42.2. The molecule has 0 aliphatic heterocycles. The van der Waals surface area contributed by atoms with Crippen LogP contribution in [0.3, 0.4) is 0 Å². The number of amides is 5. The Balaban J connectivity index is 0.000000446. The summed E-state index contributed by atoms with van der Waals surface area (Å²) in [6.45, 7) is -0.365. The van der Waals surface area contributed by atoms with Gasteiger partial charge in [0.05, 0.1) is 45.1 Å². The summed E-state index contributed by atoms with van der Waals surface area (Å²) in [5.41, 5.74) is 18.8. The number of hydrogen-bond donors (Lipinski definition) is 7. The summed E-state index contributed by atoms with van der Waals surface area (Å²) >= 11 is 22.4. The maximum Gasteiger partial charge on any atom is 1.00 e. The van der Waals surface area contributed by atoms with E-state index in [1.54, 1.807) is 89.8 Å². The van der Waals surface area contributed by atoms with Crippen LogP contribution in [0, 0.1) is 17.5 Å². The number of benzene rings is 5. The molecule has 7 aromatic rings. The molecule has 3 fully saturated rings. The van der Waals surface area contributed by atoms with Gasteiger partial charge in [-0.25, -0.2) is 13.2 Å². The third-order valence-corrected chi connectivity index (χ3v) is 16.9. The molecule has 22 nitrogen and oxygen atoms in total. The Morgan fingerprint density at radius 1 is 0.622 bits per heavy atom. The van der Waals surface area contributed by atoms with E-state index in [1.807, 2.05) is 0 Å². The topological polar surface area (TPSA) is 342 Å². The molecule has 0 spiro atoms. The number of alkyl halides is 1. The van der Waals surface area contributed by atoms with Gasteiger partial charge in [-0.1, -0.05) is 165 Å². The first kappa shape index (κ1) is 87.3. The van der Waals surface area contributed by atoms with Crippen LogP contribution in [0.5, 0.6) is 0 Å².